The van der Waals surface area contributed by atoms with Crippen LogP contribution in [0.1, 0.15) is 139 Å². The molecule has 1 aliphatic rings. The summed E-state index contributed by atoms with van der Waals surface area (Å²) in [7, 11) is 1.78. The Kier molecular flexibility index (Phi) is 12.0. The topological polar surface area (TPSA) is 18.5 Å². The van der Waals surface area contributed by atoms with E-state index in [1.165, 1.54) is 119 Å². The van der Waals surface area contributed by atoms with Crippen molar-refractivity contribution >= 4 is 0 Å². The minimum atomic E-state index is -0.0116. The summed E-state index contributed by atoms with van der Waals surface area (Å²) in [5, 5.41) is 0. The zero-order chi connectivity index (χ0) is 23.4. The van der Waals surface area contributed by atoms with Gasteiger partial charge in [0.05, 0.1) is 7.11 Å². The van der Waals surface area contributed by atoms with E-state index in [1.54, 1.807) is 7.11 Å². The van der Waals surface area contributed by atoms with Gasteiger partial charge in [0, 0.05) is 5.56 Å². The number of fused-ring (bicyclic) bond motifs is 1. The lowest BCUT2D eigenvalue weighted by atomic mass is 9.84. The molecule has 2 rings (SSSR count). The molecule has 1 aromatic rings. The minimum absolute atomic E-state index is 0.0116. The summed E-state index contributed by atoms with van der Waals surface area (Å²) in [4.78, 5) is 0. The molecule has 2 nitrogen and oxygen atoms in total. The molecule has 0 spiro atoms. The van der Waals surface area contributed by atoms with Crippen molar-refractivity contribution in [2.24, 2.45) is 0 Å². The van der Waals surface area contributed by atoms with E-state index in [-0.39, 0.29) is 5.60 Å². The predicted octanol–water partition coefficient (Wildman–Crippen LogP) is 9.58. The number of ether oxygens (including phenoxy) is 2. The Hall–Kier alpha value is -1.18. The highest BCUT2D eigenvalue weighted by atomic mass is 16.5. The van der Waals surface area contributed by atoms with Crippen molar-refractivity contribution in [3.63, 3.8) is 0 Å². The molecule has 0 aliphatic carbocycles. The summed E-state index contributed by atoms with van der Waals surface area (Å²) in [6, 6.07) is 0. The highest BCUT2D eigenvalue weighted by Crippen LogP contribution is 2.44. The van der Waals surface area contributed by atoms with E-state index in [0.717, 1.165) is 24.3 Å². The van der Waals surface area contributed by atoms with Gasteiger partial charge in [-0.15, -0.1) is 0 Å². The molecule has 0 radical (unpaired) electrons. The van der Waals surface area contributed by atoms with Gasteiger partial charge in [0.15, 0.2) is 0 Å². The zero-order valence-electron chi connectivity index (χ0n) is 22.3. The first-order chi connectivity index (χ1) is 15.4. The predicted molar refractivity (Wildman–Crippen MR) is 139 cm³/mol. The van der Waals surface area contributed by atoms with Gasteiger partial charge in [0.25, 0.3) is 0 Å². The standard InChI is InChI=1S/C30H52O2/c1-7-8-9-10-11-12-13-14-15-16-17-18-19-20-22-30(5)23-21-27-26(4)28(31-6)24(2)25(3)29(27)32-30/h7-23H2,1-6H3/t30-/m0/s1. The third kappa shape index (κ3) is 7.99. The molecule has 0 aromatic heterocycles. The smallest absolute Gasteiger partial charge is 0.127 e. The van der Waals surface area contributed by atoms with Crippen LogP contribution >= 0.6 is 0 Å². The number of hydrogen-bond acceptors (Lipinski definition) is 2. The molecule has 0 saturated heterocycles. The first-order valence-electron chi connectivity index (χ1n) is 13.8. The van der Waals surface area contributed by atoms with Crippen molar-refractivity contribution in [2.45, 2.75) is 149 Å². The van der Waals surface area contributed by atoms with Crippen LogP contribution in [0.5, 0.6) is 11.5 Å². The van der Waals surface area contributed by atoms with Gasteiger partial charge < -0.3 is 9.47 Å². The molecule has 1 heterocycles. The van der Waals surface area contributed by atoms with Crippen molar-refractivity contribution < 1.29 is 9.47 Å². The average molecular weight is 445 g/mol. The van der Waals surface area contributed by atoms with E-state index in [2.05, 4.69) is 34.6 Å². The fourth-order valence-corrected chi connectivity index (χ4v) is 5.46. The molecule has 1 aromatic carbocycles. The third-order valence-corrected chi connectivity index (χ3v) is 7.83. The SMILES string of the molecule is CCCCCCCCCCCCCCCC[C@@]1(C)CCc2c(C)c(OC)c(C)c(C)c2O1. The van der Waals surface area contributed by atoms with Gasteiger partial charge in [0.2, 0.25) is 0 Å². The lowest BCUT2D eigenvalue weighted by Gasteiger charge is -2.38. The average Bonchev–Trinajstić information content (AvgIpc) is 2.78. The molecule has 0 saturated carbocycles. The maximum Gasteiger partial charge on any atom is 0.127 e. The van der Waals surface area contributed by atoms with Crippen LogP contribution < -0.4 is 9.47 Å². The maximum absolute atomic E-state index is 6.67. The van der Waals surface area contributed by atoms with Gasteiger partial charge in [-0.1, -0.05) is 90.4 Å². The highest BCUT2D eigenvalue weighted by Gasteiger charge is 2.34. The van der Waals surface area contributed by atoms with Crippen molar-refractivity contribution in [2.75, 3.05) is 7.11 Å². The van der Waals surface area contributed by atoms with E-state index in [4.69, 9.17) is 9.47 Å². The Morgan fingerprint density at radius 1 is 0.719 bits per heavy atom. The Labute approximate surface area is 199 Å². The zero-order valence-corrected chi connectivity index (χ0v) is 22.3. The molecule has 2 heteroatoms. The second kappa shape index (κ2) is 14.2. The molecular weight excluding hydrogens is 392 g/mol. The van der Waals surface area contributed by atoms with Gasteiger partial charge in [-0.2, -0.15) is 0 Å². The summed E-state index contributed by atoms with van der Waals surface area (Å²) in [6.07, 6.45) is 23.2. The van der Waals surface area contributed by atoms with Crippen LogP contribution in [0.25, 0.3) is 0 Å². The van der Waals surface area contributed by atoms with Crippen LogP contribution in [-0.4, -0.2) is 12.7 Å². The Bertz CT molecular complexity index is 678. The molecule has 0 bridgehead atoms. The number of benzene rings is 1. The Morgan fingerprint density at radius 2 is 1.22 bits per heavy atom. The van der Waals surface area contributed by atoms with Crippen LogP contribution in [0, 0.1) is 20.8 Å². The first kappa shape index (κ1) is 27.1. The number of rotatable bonds is 16. The fraction of sp³-hybridized carbons (Fsp3) is 0.800. The normalized spacial score (nSPS) is 17.8. The molecule has 0 N–H and O–H groups in total. The minimum Gasteiger partial charge on any atom is -0.496 e. The largest absolute Gasteiger partial charge is 0.496 e. The van der Waals surface area contributed by atoms with Gasteiger partial charge in [-0.05, 0) is 70.1 Å². The van der Waals surface area contributed by atoms with Gasteiger partial charge in [-0.3, -0.25) is 0 Å². The highest BCUT2D eigenvalue weighted by molar-refractivity contribution is 5.58. The van der Waals surface area contributed by atoms with E-state index in [9.17, 15) is 0 Å². The van der Waals surface area contributed by atoms with Crippen LogP contribution in [-0.2, 0) is 6.42 Å². The third-order valence-electron chi connectivity index (χ3n) is 7.83. The summed E-state index contributed by atoms with van der Waals surface area (Å²) < 4.78 is 12.3. The Morgan fingerprint density at radius 3 is 1.72 bits per heavy atom. The van der Waals surface area contributed by atoms with Crippen LogP contribution in [0.4, 0.5) is 0 Å². The summed E-state index contributed by atoms with van der Waals surface area (Å²) in [5.74, 6) is 2.18. The lowest BCUT2D eigenvalue weighted by molar-refractivity contribution is 0.0521. The van der Waals surface area contributed by atoms with Gasteiger partial charge in [0.1, 0.15) is 17.1 Å². The summed E-state index contributed by atoms with van der Waals surface area (Å²) in [6.45, 7) is 11.2. The Balaban J connectivity index is 1.60. The summed E-state index contributed by atoms with van der Waals surface area (Å²) in [5.41, 5.74) is 5.11. The number of unbranched alkanes of at least 4 members (excludes halogenated alkanes) is 13. The van der Waals surface area contributed by atoms with Crippen LogP contribution in [0.2, 0.25) is 0 Å². The summed E-state index contributed by atoms with van der Waals surface area (Å²) >= 11 is 0. The molecule has 32 heavy (non-hydrogen) atoms. The van der Waals surface area contributed by atoms with E-state index in [0.29, 0.717) is 0 Å². The second-order valence-corrected chi connectivity index (χ2v) is 10.6. The second-order valence-electron chi connectivity index (χ2n) is 10.6. The molecule has 1 atom stereocenters. The van der Waals surface area contributed by atoms with Crippen LogP contribution in [0.15, 0.2) is 0 Å². The van der Waals surface area contributed by atoms with Gasteiger partial charge >= 0.3 is 0 Å². The van der Waals surface area contributed by atoms with Gasteiger partial charge in [-0.25, -0.2) is 0 Å². The lowest BCUT2D eigenvalue weighted by Crippen LogP contribution is -2.37. The van der Waals surface area contributed by atoms with Crippen molar-refractivity contribution in [3.05, 3.63) is 22.3 Å². The quantitative estimate of drug-likeness (QED) is 0.236. The maximum atomic E-state index is 6.67. The molecule has 184 valence electrons. The molecule has 0 fully saturated rings. The molecule has 0 amide bonds. The number of hydrogen-bond donors (Lipinski definition) is 0. The van der Waals surface area contributed by atoms with Crippen molar-refractivity contribution in [3.8, 4) is 11.5 Å². The van der Waals surface area contributed by atoms with E-state index < -0.39 is 0 Å². The van der Waals surface area contributed by atoms with Crippen molar-refractivity contribution in [1.82, 2.24) is 0 Å². The fourth-order valence-electron chi connectivity index (χ4n) is 5.46. The number of methoxy groups -OCH3 is 1. The van der Waals surface area contributed by atoms with E-state index >= 15 is 0 Å². The monoisotopic (exact) mass is 444 g/mol. The molecule has 1 aliphatic heterocycles. The van der Waals surface area contributed by atoms with Crippen LogP contribution in [0.3, 0.4) is 0 Å². The molecular formula is C30H52O2. The van der Waals surface area contributed by atoms with Crippen molar-refractivity contribution in [1.29, 1.82) is 0 Å². The first-order valence-corrected chi connectivity index (χ1v) is 13.8. The molecule has 0 unspecified atom stereocenters. The van der Waals surface area contributed by atoms with E-state index in [1.807, 2.05) is 0 Å².